The Hall–Kier alpha value is -4.69. The Bertz CT molecular complexity index is 1170. The summed E-state index contributed by atoms with van der Waals surface area (Å²) in [6.07, 6.45) is -1.00. The number of carbonyl (C=O) groups is 5. The first-order chi connectivity index (χ1) is 18.4. The minimum absolute atomic E-state index is 0.0241. The van der Waals surface area contributed by atoms with Crippen LogP contribution in [0.5, 0.6) is 11.5 Å². The highest BCUT2D eigenvalue weighted by atomic mass is 16.4. The van der Waals surface area contributed by atoms with Crippen molar-refractivity contribution in [3.05, 3.63) is 59.7 Å². The Kier molecular flexibility index (Phi) is 11.2. The molecule has 0 aliphatic heterocycles. The molecule has 2 aromatic rings. The van der Waals surface area contributed by atoms with Gasteiger partial charge in [-0.15, -0.1) is 0 Å². The molecule has 0 spiro atoms. The molecule has 0 fully saturated rings. The second kappa shape index (κ2) is 14.3. The maximum atomic E-state index is 13.2. The maximum absolute atomic E-state index is 13.2. The quantitative estimate of drug-likeness (QED) is 0.128. The lowest BCUT2D eigenvalue weighted by molar-refractivity contribution is -0.144. The molecule has 14 nitrogen and oxygen atoms in total. The van der Waals surface area contributed by atoms with Crippen molar-refractivity contribution in [1.29, 1.82) is 0 Å². The summed E-state index contributed by atoms with van der Waals surface area (Å²) in [6.45, 7) is -0.979. The molecule has 0 heterocycles. The number of carbonyl (C=O) groups excluding carboxylic acids is 3. The molecule has 0 aromatic heterocycles. The fourth-order valence-electron chi connectivity index (χ4n) is 3.45. The third-order valence-corrected chi connectivity index (χ3v) is 5.55. The van der Waals surface area contributed by atoms with Crippen LogP contribution < -0.4 is 21.7 Å². The van der Waals surface area contributed by atoms with Gasteiger partial charge in [0, 0.05) is 6.42 Å². The van der Waals surface area contributed by atoms with Crippen molar-refractivity contribution in [3.63, 3.8) is 0 Å². The van der Waals surface area contributed by atoms with Gasteiger partial charge in [-0.2, -0.15) is 0 Å². The van der Waals surface area contributed by atoms with Crippen molar-refractivity contribution < 1.29 is 49.5 Å². The van der Waals surface area contributed by atoms with E-state index in [-0.39, 0.29) is 24.3 Å². The number of rotatable bonds is 14. The molecule has 0 saturated carbocycles. The summed E-state index contributed by atoms with van der Waals surface area (Å²) in [5.41, 5.74) is 7.12. The van der Waals surface area contributed by atoms with E-state index in [0.29, 0.717) is 11.1 Å². The SMILES string of the molecule is NC(Cc1ccc(O)cc1)C(=O)NC(Cc1ccc(O)cc1)C(=O)NC(CC(=O)O)C(=O)NC(CO)C(=O)O. The topological polar surface area (TPSA) is 249 Å². The molecule has 10 N–H and O–H groups in total. The van der Waals surface area contributed by atoms with Gasteiger partial charge in [0.05, 0.1) is 19.1 Å². The van der Waals surface area contributed by atoms with Crippen LogP contribution in [0.4, 0.5) is 0 Å². The summed E-state index contributed by atoms with van der Waals surface area (Å²) in [4.78, 5) is 61.0. The summed E-state index contributed by atoms with van der Waals surface area (Å²) in [6, 6.07) is 5.67. The molecule has 14 heteroatoms. The first-order valence-corrected chi connectivity index (χ1v) is 11.7. The minimum atomic E-state index is -1.74. The number of aromatic hydroxyl groups is 2. The molecule has 0 radical (unpaired) electrons. The Morgan fingerprint density at radius 1 is 0.667 bits per heavy atom. The van der Waals surface area contributed by atoms with Crippen LogP contribution in [0.3, 0.4) is 0 Å². The second-order valence-electron chi connectivity index (χ2n) is 8.65. The Balaban J connectivity index is 2.23. The van der Waals surface area contributed by atoms with E-state index >= 15 is 0 Å². The van der Waals surface area contributed by atoms with E-state index in [2.05, 4.69) is 10.6 Å². The van der Waals surface area contributed by atoms with Crippen LogP contribution in [0.25, 0.3) is 0 Å². The summed E-state index contributed by atoms with van der Waals surface area (Å²) < 4.78 is 0. The predicted octanol–water partition coefficient (Wildman–Crippen LogP) is -1.78. The summed E-state index contributed by atoms with van der Waals surface area (Å²) in [5.74, 6) is -5.97. The summed E-state index contributed by atoms with van der Waals surface area (Å²) in [7, 11) is 0. The number of nitrogens with two attached hydrogens (primary N) is 1. The fraction of sp³-hybridized carbons (Fsp3) is 0.320. The van der Waals surface area contributed by atoms with Crippen molar-refractivity contribution in [2.45, 2.75) is 43.4 Å². The lowest BCUT2D eigenvalue weighted by atomic mass is 10.0. The third kappa shape index (κ3) is 9.94. The van der Waals surface area contributed by atoms with E-state index in [0.717, 1.165) is 0 Å². The first-order valence-electron chi connectivity index (χ1n) is 11.7. The first kappa shape index (κ1) is 30.5. The van der Waals surface area contributed by atoms with Crippen LogP contribution >= 0.6 is 0 Å². The van der Waals surface area contributed by atoms with Gasteiger partial charge in [0.2, 0.25) is 17.7 Å². The molecule has 39 heavy (non-hydrogen) atoms. The van der Waals surface area contributed by atoms with Crippen LogP contribution in [-0.4, -0.2) is 86.0 Å². The molecular weight excluding hydrogens is 516 g/mol. The number of aliphatic hydroxyl groups is 1. The van der Waals surface area contributed by atoms with Crippen LogP contribution in [0, 0.1) is 0 Å². The molecule has 0 aliphatic rings. The van der Waals surface area contributed by atoms with Gasteiger partial charge in [-0.3, -0.25) is 19.2 Å². The monoisotopic (exact) mass is 546 g/mol. The average molecular weight is 547 g/mol. The molecule has 0 aliphatic carbocycles. The number of phenolic OH excluding ortho intramolecular Hbond substituents is 2. The number of amides is 3. The van der Waals surface area contributed by atoms with Gasteiger partial charge >= 0.3 is 11.9 Å². The maximum Gasteiger partial charge on any atom is 0.328 e. The Morgan fingerprint density at radius 2 is 1.10 bits per heavy atom. The number of benzene rings is 2. The van der Waals surface area contributed by atoms with Crippen LogP contribution in [-0.2, 0) is 36.8 Å². The number of hydrogen-bond donors (Lipinski definition) is 9. The smallest absolute Gasteiger partial charge is 0.328 e. The van der Waals surface area contributed by atoms with Gasteiger partial charge in [-0.05, 0) is 41.8 Å². The summed E-state index contributed by atoms with van der Waals surface area (Å²) in [5, 5.41) is 53.0. The highest BCUT2D eigenvalue weighted by Crippen LogP contribution is 2.13. The third-order valence-electron chi connectivity index (χ3n) is 5.55. The van der Waals surface area contributed by atoms with Gasteiger partial charge < -0.3 is 47.2 Å². The highest BCUT2D eigenvalue weighted by Gasteiger charge is 2.31. The molecule has 0 saturated heterocycles. The van der Waals surface area contributed by atoms with Gasteiger partial charge in [0.15, 0.2) is 0 Å². The largest absolute Gasteiger partial charge is 0.508 e. The highest BCUT2D eigenvalue weighted by molar-refractivity contribution is 5.95. The van der Waals surface area contributed by atoms with E-state index in [1.165, 1.54) is 36.4 Å². The number of nitrogens with one attached hydrogen (secondary N) is 3. The van der Waals surface area contributed by atoms with Crippen molar-refractivity contribution in [2.24, 2.45) is 5.73 Å². The van der Waals surface area contributed by atoms with Crippen molar-refractivity contribution >= 4 is 29.7 Å². The normalized spacial score (nSPS) is 13.8. The Labute approximate surface area is 222 Å². The lowest BCUT2D eigenvalue weighted by Gasteiger charge is -2.24. The molecule has 2 rings (SSSR count). The molecule has 4 atom stereocenters. The number of aliphatic carboxylic acids is 2. The van der Waals surface area contributed by atoms with E-state index in [4.69, 9.17) is 15.9 Å². The molecule has 210 valence electrons. The van der Waals surface area contributed by atoms with E-state index < -0.39 is 66.9 Å². The lowest BCUT2D eigenvalue weighted by Crippen LogP contribution is -2.58. The molecule has 3 amide bonds. The number of aliphatic hydroxyl groups excluding tert-OH is 1. The van der Waals surface area contributed by atoms with Crippen molar-refractivity contribution in [1.82, 2.24) is 16.0 Å². The molecular formula is C25H30N4O10. The second-order valence-corrected chi connectivity index (χ2v) is 8.65. The number of carboxylic acids is 2. The van der Waals surface area contributed by atoms with Crippen LogP contribution in [0.2, 0.25) is 0 Å². The molecule has 0 bridgehead atoms. The molecule has 4 unspecified atom stereocenters. The Morgan fingerprint density at radius 3 is 1.56 bits per heavy atom. The van der Waals surface area contributed by atoms with Crippen molar-refractivity contribution in [3.8, 4) is 11.5 Å². The van der Waals surface area contributed by atoms with Crippen LogP contribution in [0.15, 0.2) is 48.5 Å². The summed E-state index contributed by atoms with van der Waals surface area (Å²) >= 11 is 0. The minimum Gasteiger partial charge on any atom is -0.508 e. The van der Waals surface area contributed by atoms with Crippen molar-refractivity contribution in [2.75, 3.05) is 6.61 Å². The predicted molar refractivity (Wildman–Crippen MR) is 134 cm³/mol. The number of phenols is 2. The number of hydrogen-bond acceptors (Lipinski definition) is 9. The van der Waals surface area contributed by atoms with Gasteiger partial charge in [0.1, 0.15) is 29.6 Å². The zero-order valence-corrected chi connectivity index (χ0v) is 20.6. The zero-order chi connectivity index (χ0) is 29.1. The fourth-order valence-corrected chi connectivity index (χ4v) is 3.45. The zero-order valence-electron chi connectivity index (χ0n) is 20.6. The van der Waals surface area contributed by atoms with Gasteiger partial charge in [0.25, 0.3) is 0 Å². The van der Waals surface area contributed by atoms with Gasteiger partial charge in [-0.25, -0.2) is 4.79 Å². The standard InChI is InChI=1S/C25H30N4O10/c26-17(9-13-1-5-15(31)6-2-13)22(35)27-18(10-14-3-7-16(32)8-4-14)23(36)28-19(11-21(33)34)24(37)29-20(12-30)25(38)39/h1-8,17-20,30-32H,9-12,26H2,(H,27,35)(H,28,36)(H,29,37)(H,33,34)(H,38,39). The van der Waals surface area contributed by atoms with E-state index in [1.807, 2.05) is 5.32 Å². The number of carboxylic acid groups (broad SMARTS) is 2. The van der Waals surface area contributed by atoms with E-state index in [9.17, 15) is 39.3 Å². The van der Waals surface area contributed by atoms with Gasteiger partial charge in [-0.1, -0.05) is 24.3 Å². The van der Waals surface area contributed by atoms with E-state index in [1.54, 1.807) is 12.1 Å². The van der Waals surface area contributed by atoms with Crippen LogP contribution in [0.1, 0.15) is 17.5 Å². The average Bonchev–Trinajstić information content (AvgIpc) is 2.88. The molecule has 2 aromatic carbocycles.